The van der Waals surface area contributed by atoms with Crippen molar-refractivity contribution in [2.45, 2.75) is 26.3 Å². The highest BCUT2D eigenvalue weighted by Gasteiger charge is 2.26. The highest BCUT2D eigenvalue weighted by atomic mass is 35.5. The molecule has 2 amide bonds. The van der Waals surface area contributed by atoms with Crippen molar-refractivity contribution in [2.75, 3.05) is 19.7 Å². The fourth-order valence-electron chi connectivity index (χ4n) is 2.55. The third-order valence-electron chi connectivity index (χ3n) is 3.87. The van der Waals surface area contributed by atoms with E-state index in [0.29, 0.717) is 49.9 Å². The summed E-state index contributed by atoms with van der Waals surface area (Å²) in [5.41, 5.74) is 0.882. The number of carbonyl (C=O) groups is 2. The number of piperidine rings is 1. The van der Waals surface area contributed by atoms with E-state index in [1.807, 2.05) is 13.0 Å². The number of nitrogens with zero attached hydrogens (tertiary/aromatic N) is 1. The van der Waals surface area contributed by atoms with Crippen LogP contribution >= 0.6 is 11.6 Å². The van der Waals surface area contributed by atoms with Gasteiger partial charge in [0.1, 0.15) is 5.75 Å². The molecule has 1 aliphatic rings. The first-order valence-corrected chi connectivity index (χ1v) is 8.06. The molecular weight excluding hydrogens is 320 g/mol. The molecule has 23 heavy (non-hydrogen) atoms. The molecule has 0 aromatic heterocycles. The standard InChI is InChI=1S/C16H21ClN2O4/c1-2-23-14-4-3-11(9-13(14)17)10-18-16(22)19-7-5-12(6-8-19)15(20)21/h3-4,9,12H,2,5-8,10H2,1H3,(H,18,22)(H,20,21). The first-order chi connectivity index (χ1) is 11.0. The van der Waals surface area contributed by atoms with E-state index in [-0.39, 0.29) is 11.9 Å². The van der Waals surface area contributed by atoms with Crippen LogP contribution in [0, 0.1) is 5.92 Å². The average molecular weight is 341 g/mol. The van der Waals surface area contributed by atoms with Gasteiger partial charge in [-0.2, -0.15) is 0 Å². The van der Waals surface area contributed by atoms with Crippen molar-refractivity contribution in [3.63, 3.8) is 0 Å². The Morgan fingerprint density at radius 1 is 1.39 bits per heavy atom. The van der Waals surface area contributed by atoms with E-state index < -0.39 is 5.97 Å². The van der Waals surface area contributed by atoms with Crippen molar-refractivity contribution >= 4 is 23.6 Å². The van der Waals surface area contributed by atoms with Crippen LogP contribution in [0.15, 0.2) is 18.2 Å². The molecule has 6 nitrogen and oxygen atoms in total. The van der Waals surface area contributed by atoms with E-state index in [9.17, 15) is 9.59 Å². The van der Waals surface area contributed by atoms with Crippen LogP contribution < -0.4 is 10.1 Å². The van der Waals surface area contributed by atoms with Crippen molar-refractivity contribution in [1.82, 2.24) is 10.2 Å². The molecular formula is C16H21ClN2O4. The van der Waals surface area contributed by atoms with Gasteiger partial charge in [-0.3, -0.25) is 4.79 Å². The molecule has 1 heterocycles. The quantitative estimate of drug-likeness (QED) is 0.863. The molecule has 0 aliphatic carbocycles. The Morgan fingerprint density at radius 3 is 2.65 bits per heavy atom. The van der Waals surface area contributed by atoms with Gasteiger partial charge in [0.15, 0.2) is 0 Å². The summed E-state index contributed by atoms with van der Waals surface area (Å²) in [6, 6.07) is 5.22. The van der Waals surface area contributed by atoms with Crippen molar-refractivity contribution < 1.29 is 19.4 Å². The van der Waals surface area contributed by atoms with Crippen LogP contribution in [-0.2, 0) is 11.3 Å². The number of carbonyl (C=O) groups excluding carboxylic acids is 1. The van der Waals surface area contributed by atoms with Crippen molar-refractivity contribution in [3.8, 4) is 5.75 Å². The number of likely N-dealkylation sites (tertiary alicyclic amines) is 1. The Balaban J connectivity index is 1.83. The minimum atomic E-state index is -0.783. The molecule has 0 atom stereocenters. The summed E-state index contributed by atoms with van der Waals surface area (Å²) in [5, 5.41) is 12.3. The van der Waals surface area contributed by atoms with Gasteiger partial charge in [0.05, 0.1) is 17.5 Å². The fourth-order valence-corrected chi connectivity index (χ4v) is 2.80. The highest BCUT2D eigenvalue weighted by Crippen LogP contribution is 2.25. The summed E-state index contributed by atoms with van der Waals surface area (Å²) >= 11 is 6.11. The lowest BCUT2D eigenvalue weighted by Gasteiger charge is -2.30. The highest BCUT2D eigenvalue weighted by molar-refractivity contribution is 6.32. The number of carboxylic acids is 1. The SMILES string of the molecule is CCOc1ccc(CNC(=O)N2CCC(C(=O)O)CC2)cc1Cl. The summed E-state index contributed by atoms with van der Waals surface area (Å²) in [6.07, 6.45) is 0.995. The molecule has 0 bridgehead atoms. The van der Waals surface area contributed by atoms with Gasteiger partial charge < -0.3 is 20.1 Å². The predicted molar refractivity (Wildman–Crippen MR) is 86.8 cm³/mol. The lowest BCUT2D eigenvalue weighted by Crippen LogP contribution is -2.45. The van der Waals surface area contributed by atoms with Crippen LogP contribution in [0.1, 0.15) is 25.3 Å². The zero-order chi connectivity index (χ0) is 16.8. The monoisotopic (exact) mass is 340 g/mol. The third kappa shape index (κ3) is 4.76. The Kier molecular flexibility index (Phi) is 6.10. The number of carboxylic acid groups (broad SMARTS) is 1. The van der Waals surface area contributed by atoms with Gasteiger partial charge in [-0.25, -0.2) is 4.79 Å². The van der Waals surface area contributed by atoms with E-state index in [2.05, 4.69) is 5.32 Å². The second-order valence-electron chi connectivity index (χ2n) is 5.46. The van der Waals surface area contributed by atoms with Gasteiger partial charge >= 0.3 is 12.0 Å². The van der Waals surface area contributed by atoms with Gasteiger partial charge in [0.25, 0.3) is 0 Å². The fraction of sp³-hybridized carbons (Fsp3) is 0.500. The van der Waals surface area contributed by atoms with E-state index in [1.165, 1.54) is 0 Å². The van der Waals surface area contributed by atoms with Crippen LogP contribution in [0.2, 0.25) is 5.02 Å². The van der Waals surface area contributed by atoms with E-state index >= 15 is 0 Å². The number of nitrogens with one attached hydrogen (secondary N) is 1. The topological polar surface area (TPSA) is 78.9 Å². The average Bonchev–Trinajstić information content (AvgIpc) is 2.55. The molecule has 0 unspecified atom stereocenters. The number of urea groups is 1. The van der Waals surface area contributed by atoms with E-state index in [1.54, 1.807) is 17.0 Å². The van der Waals surface area contributed by atoms with Crippen LogP contribution in [0.25, 0.3) is 0 Å². The Morgan fingerprint density at radius 2 is 2.09 bits per heavy atom. The molecule has 2 rings (SSSR count). The van der Waals surface area contributed by atoms with Crippen LogP contribution in [0.4, 0.5) is 4.79 Å². The zero-order valence-electron chi connectivity index (χ0n) is 13.0. The largest absolute Gasteiger partial charge is 0.492 e. The van der Waals surface area contributed by atoms with E-state index in [4.69, 9.17) is 21.4 Å². The first-order valence-electron chi connectivity index (χ1n) is 7.68. The maximum absolute atomic E-state index is 12.1. The van der Waals surface area contributed by atoms with Crippen molar-refractivity contribution in [2.24, 2.45) is 5.92 Å². The molecule has 1 aromatic rings. The number of ether oxygens (including phenoxy) is 1. The number of rotatable bonds is 5. The number of hydrogen-bond acceptors (Lipinski definition) is 3. The number of amides is 2. The smallest absolute Gasteiger partial charge is 0.317 e. The molecule has 1 aromatic carbocycles. The molecule has 0 spiro atoms. The molecule has 0 saturated carbocycles. The summed E-state index contributed by atoms with van der Waals surface area (Å²) in [7, 11) is 0. The number of halogens is 1. The Labute approximate surface area is 140 Å². The lowest BCUT2D eigenvalue weighted by molar-refractivity contribution is -0.143. The summed E-state index contributed by atoms with van der Waals surface area (Å²) in [6.45, 7) is 3.73. The van der Waals surface area contributed by atoms with Gasteiger partial charge in [0.2, 0.25) is 0 Å². The van der Waals surface area contributed by atoms with Gasteiger partial charge in [-0.15, -0.1) is 0 Å². The molecule has 0 radical (unpaired) electrons. The number of hydrogen-bond donors (Lipinski definition) is 2. The maximum atomic E-state index is 12.1. The lowest BCUT2D eigenvalue weighted by atomic mass is 9.97. The first kappa shape index (κ1) is 17.4. The predicted octanol–water partition coefficient (Wildman–Crippen LogP) is 2.74. The molecule has 126 valence electrons. The summed E-state index contributed by atoms with van der Waals surface area (Å²) in [5.74, 6) is -0.502. The van der Waals surface area contributed by atoms with Gasteiger partial charge in [0, 0.05) is 19.6 Å². The maximum Gasteiger partial charge on any atom is 0.317 e. The molecule has 1 aliphatic heterocycles. The minimum Gasteiger partial charge on any atom is -0.492 e. The van der Waals surface area contributed by atoms with Crippen molar-refractivity contribution in [1.29, 1.82) is 0 Å². The second kappa shape index (κ2) is 8.06. The summed E-state index contributed by atoms with van der Waals surface area (Å²) in [4.78, 5) is 24.7. The number of benzene rings is 1. The molecule has 2 N–H and O–H groups in total. The van der Waals surface area contributed by atoms with Gasteiger partial charge in [-0.05, 0) is 37.5 Å². The Hall–Kier alpha value is -1.95. The zero-order valence-corrected chi connectivity index (χ0v) is 13.8. The minimum absolute atomic E-state index is 0.182. The molecule has 7 heteroatoms. The number of aliphatic carboxylic acids is 1. The summed E-state index contributed by atoms with van der Waals surface area (Å²) < 4.78 is 5.37. The normalized spacial score (nSPS) is 15.3. The van der Waals surface area contributed by atoms with Crippen LogP contribution in [0.5, 0.6) is 5.75 Å². The van der Waals surface area contributed by atoms with Crippen molar-refractivity contribution in [3.05, 3.63) is 28.8 Å². The van der Waals surface area contributed by atoms with Gasteiger partial charge in [-0.1, -0.05) is 17.7 Å². The van der Waals surface area contributed by atoms with E-state index in [0.717, 1.165) is 5.56 Å². The molecule has 1 fully saturated rings. The third-order valence-corrected chi connectivity index (χ3v) is 4.17. The van der Waals surface area contributed by atoms with Crippen LogP contribution in [-0.4, -0.2) is 41.7 Å². The second-order valence-corrected chi connectivity index (χ2v) is 5.86. The van der Waals surface area contributed by atoms with Crippen LogP contribution in [0.3, 0.4) is 0 Å². The molecule has 1 saturated heterocycles. The Bertz CT molecular complexity index is 571.